The summed E-state index contributed by atoms with van der Waals surface area (Å²) >= 11 is 0. The van der Waals surface area contributed by atoms with Gasteiger partial charge >= 0.3 is 0 Å². The lowest BCUT2D eigenvalue weighted by Crippen LogP contribution is -2.17. The molecular formula is C12H13N. The van der Waals surface area contributed by atoms with Gasteiger partial charge in [0.2, 0.25) is 0 Å². The van der Waals surface area contributed by atoms with E-state index in [2.05, 4.69) is 24.3 Å². The molecule has 1 nitrogen and oxygen atoms in total. The molecule has 1 unspecified atom stereocenters. The van der Waals surface area contributed by atoms with Gasteiger partial charge in [-0.3, -0.25) is 0 Å². The Kier molecular flexibility index (Phi) is 2.28. The zero-order valence-electron chi connectivity index (χ0n) is 7.43. The zero-order chi connectivity index (χ0) is 9.10. The first-order valence-electron chi connectivity index (χ1n) is 4.53. The van der Waals surface area contributed by atoms with Gasteiger partial charge in [-0.1, -0.05) is 54.6 Å². The van der Waals surface area contributed by atoms with Crippen molar-refractivity contribution < 1.29 is 0 Å². The van der Waals surface area contributed by atoms with Crippen LogP contribution in [0, 0.1) is 5.92 Å². The molecule has 13 heavy (non-hydrogen) atoms. The van der Waals surface area contributed by atoms with Gasteiger partial charge in [-0.05, 0) is 5.56 Å². The monoisotopic (exact) mass is 171 g/mol. The van der Waals surface area contributed by atoms with Crippen LogP contribution >= 0.6 is 0 Å². The largest absolute Gasteiger partial charge is 0.323 e. The van der Waals surface area contributed by atoms with Crippen molar-refractivity contribution in [3.8, 4) is 0 Å². The summed E-state index contributed by atoms with van der Waals surface area (Å²) in [6.07, 6.45) is 8.37. The van der Waals surface area contributed by atoms with Gasteiger partial charge < -0.3 is 5.73 Å². The molecule has 0 radical (unpaired) electrons. The van der Waals surface area contributed by atoms with Gasteiger partial charge in [0.05, 0.1) is 0 Å². The maximum absolute atomic E-state index is 6.10. The predicted molar refractivity (Wildman–Crippen MR) is 55.1 cm³/mol. The Labute approximate surface area is 78.6 Å². The molecule has 0 bridgehead atoms. The number of rotatable bonds is 2. The summed E-state index contributed by atoms with van der Waals surface area (Å²) in [6.45, 7) is 0. The first kappa shape index (κ1) is 8.27. The van der Waals surface area contributed by atoms with Gasteiger partial charge in [-0.2, -0.15) is 0 Å². The average Bonchev–Trinajstić information content (AvgIpc) is 2.71. The van der Waals surface area contributed by atoms with Crippen molar-refractivity contribution in [2.45, 2.75) is 6.04 Å². The molecule has 0 spiro atoms. The van der Waals surface area contributed by atoms with E-state index in [-0.39, 0.29) is 6.04 Å². The van der Waals surface area contributed by atoms with E-state index < -0.39 is 0 Å². The van der Waals surface area contributed by atoms with Gasteiger partial charge in [0.1, 0.15) is 0 Å². The number of hydrogen-bond donors (Lipinski definition) is 1. The normalized spacial score (nSPS) is 17.9. The molecule has 1 aromatic carbocycles. The predicted octanol–water partition coefficient (Wildman–Crippen LogP) is 2.43. The molecule has 1 aliphatic carbocycles. The molecule has 0 saturated carbocycles. The molecule has 0 saturated heterocycles. The van der Waals surface area contributed by atoms with Gasteiger partial charge in [-0.15, -0.1) is 0 Å². The minimum absolute atomic E-state index is 0.0937. The highest BCUT2D eigenvalue weighted by Gasteiger charge is 2.14. The van der Waals surface area contributed by atoms with Crippen LogP contribution < -0.4 is 5.73 Å². The van der Waals surface area contributed by atoms with Crippen LogP contribution in [0.1, 0.15) is 11.6 Å². The molecule has 1 aromatic rings. The second-order valence-corrected chi connectivity index (χ2v) is 3.28. The van der Waals surface area contributed by atoms with Gasteiger partial charge in [0, 0.05) is 12.0 Å². The van der Waals surface area contributed by atoms with Crippen LogP contribution in [0.4, 0.5) is 0 Å². The maximum atomic E-state index is 6.10. The van der Waals surface area contributed by atoms with Gasteiger partial charge in [0.25, 0.3) is 0 Å². The van der Waals surface area contributed by atoms with Gasteiger partial charge in [0.15, 0.2) is 0 Å². The van der Waals surface area contributed by atoms with Crippen molar-refractivity contribution in [3.05, 3.63) is 60.2 Å². The van der Waals surface area contributed by atoms with E-state index in [0.717, 1.165) is 0 Å². The van der Waals surface area contributed by atoms with Crippen molar-refractivity contribution >= 4 is 0 Å². The fourth-order valence-corrected chi connectivity index (χ4v) is 1.59. The van der Waals surface area contributed by atoms with E-state index in [4.69, 9.17) is 5.73 Å². The van der Waals surface area contributed by atoms with Crippen molar-refractivity contribution in [1.29, 1.82) is 0 Å². The lowest BCUT2D eigenvalue weighted by molar-refractivity contribution is 0.624. The SMILES string of the molecule is NC(c1ccccc1)C1C=CC=C1. The van der Waals surface area contributed by atoms with Crippen molar-refractivity contribution in [2.24, 2.45) is 11.7 Å². The lowest BCUT2D eigenvalue weighted by atomic mass is 9.95. The Hall–Kier alpha value is -1.34. The topological polar surface area (TPSA) is 26.0 Å². The Morgan fingerprint density at radius 2 is 1.62 bits per heavy atom. The quantitative estimate of drug-likeness (QED) is 0.726. The first-order chi connectivity index (χ1) is 6.38. The summed E-state index contributed by atoms with van der Waals surface area (Å²) in [5.41, 5.74) is 7.30. The van der Waals surface area contributed by atoms with E-state index in [0.29, 0.717) is 5.92 Å². The van der Waals surface area contributed by atoms with Crippen LogP contribution in [-0.4, -0.2) is 0 Å². The minimum atomic E-state index is 0.0937. The van der Waals surface area contributed by atoms with E-state index in [1.165, 1.54) is 5.56 Å². The van der Waals surface area contributed by atoms with E-state index in [1.807, 2.05) is 30.4 Å². The lowest BCUT2D eigenvalue weighted by Gasteiger charge is -2.15. The summed E-state index contributed by atoms with van der Waals surface area (Å²) in [6, 6.07) is 10.3. The number of hydrogen-bond acceptors (Lipinski definition) is 1. The maximum Gasteiger partial charge on any atom is 0.0393 e. The van der Waals surface area contributed by atoms with Crippen LogP contribution in [-0.2, 0) is 0 Å². The highest BCUT2D eigenvalue weighted by atomic mass is 14.6. The van der Waals surface area contributed by atoms with Crippen LogP contribution in [0.25, 0.3) is 0 Å². The Morgan fingerprint density at radius 1 is 1.00 bits per heavy atom. The van der Waals surface area contributed by atoms with Crippen LogP contribution in [0.15, 0.2) is 54.6 Å². The fraction of sp³-hybridized carbons (Fsp3) is 0.167. The standard InChI is InChI=1S/C12H13N/c13-12(11-8-4-5-9-11)10-6-2-1-3-7-10/h1-9,11-12H,13H2. The smallest absolute Gasteiger partial charge is 0.0393 e. The molecule has 0 fully saturated rings. The second-order valence-electron chi connectivity index (χ2n) is 3.28. The summed E-state index contributed by atoms with van der Waals surface area (Å²) in [7, 11) is 0. The summed E-state index contributed by atoms with van der Waals surface area (Å²) in [5, 5.41) is 0. The number of allylic oxidation sites excluding steroid dienone is 2. The Bertz CT molecular complexity index is 312. The van der Waals surface area contributed by atoms with Crippen LogP contribution in [0.3, 0.4) is 0 Å². The Morgan fingerprint density at radius 3 is 2.23 bits per heavy atom. The molecule has 1 atom stereocenters. The molecule has 0 aromatic heterocycles. The molecule has 1 heteroatoms. The second kappa shape index (κ2) is 3.58. The summed E-state index contributed by atoms with van der Waals surface area (Å²) in [4.78, 5) is 0. The third-order valence-corrected chi connectivity index (χ3v) is 2.38. The van der Waals surface area contributed by atoms with E-state index in [9.17, 15) is 0 Å². The Balaban J connectivity index is 2.18. The zero-order valence-corrected chi connectivity index (χ0v) is 7.43. The molecule has 1 aliphatic rings. The third-order valence-electron chi connectivity index (χ3n) is 2.38. The summed E-state index contributed by atoms with van der Waals surface area (Å²) < 4.78 is 0. The number of benzene rings is 1. The molecular weight excluding hydrogens is 158 g/mol. The van der Waals surface area contributed by atoms with Crippen molar-refractivity contribution in [1.82, 2.24) is 0 Å². The third kappa shape index (κ3) is 1.70. The molecule has 2 rings (SSSR count). The molecule has 0 aliphatic heterocycles. The minimum Gasteiger partial charge on any atom is -0.323 e. The first-order valence-corrected chi connectivity index (χ1v) is 4.53. The highest BCUT2D eigenvalue weighted by molar-refractivity contribution is 5.27. The van der Waals surface area contributed by atoms with Crippen LogP contribution in [0.5, 0.6) is 0 Å². The van der Waals surface area contributed by atoms with E-state index in [1.54, 1.807) is 0 Å². The molecule has 0 amide bonds. The molecule has 0 heterocycles. The van der Waals surface area contributed by atoms with Crippen molar-refractivity contribution in [2.75, 3.05) is 0 Å². The van der Waals surface area contributed by atoms with Crippen molar-refractivity contribution in [3.63, 3.8) is 0 Å². The van der Waals surface area contributed by atoms with E-state index >= 15 is 0 Å². The molecule has 2 N–H and O–H groups in total. The van der Waals surface area contributed by atoms with Crippen LogP contribution in [0.2, 0.25) is 0 Å². The van der Waals surface area contributed by atoms with Gasteiger partial charge in [-0.25, -0.2) is 0 Å². The highest BCUT2D eigenvalue weighted by Crippen LogP contribution is 2.24. The fourth-order valence-electron chi connectivity index (χ4n) is 1.59. The summed E-state index contributed by atoms with van der Waals surface area (Å²) in [5.74, 6) is 0.363. The average molecular weight is 171 g/mol. The number of nitrogens with two attached hydrogens (primary N) is 1. The molecule has 66 valence electrons.